The average molecular weight is 475 g/mol. The van der Waals surface area contributed by atoms with E-state index in [1.54, 1.807) is 0 Å². The summed E-state index contributed by atoms with van der Waals surface area (Å²) >= 11 is 0. The van der Waals surface area contributed by atoms with Crippen LogP contribution in [0.2, 0.25) is 0 Å². The zero-order chi connectivity index (χ0) is 24.2. The van der Waals surface area contributed by atoms with E-state index in [0.717, 1.165) is 36.8 Å². The van der Waals surface area contributed by atoms with E-state index in [1.807, 2.05) is 24.3 Å². The Bertz CT molecular complexity index is 1140. The second kappa shape index (κ2) is 8.40. The Hall–Kier alpha value is -3.35. The second-order valence-corrected chi connectivity index (χ2v) is 10.7. The predicted molar refractivity (Wildman–Crippen MR) is 129 cm³/mol. The number of fused-ring (bicyclic) bond motifs is 4. The van der Waals surface area contributed by atoms with Crippen LogP contribution < -0.4 is 10.6 Å². The molecule has 4 atom stereocenters. The van der Waals surface area contributed by atoms with E-state index in [1.165, 1.54) is 11.1 Å². The van der Waals surface area contributed by atoms with Gasteiger partial charge in [-0.3, -0.25) is 9.59 Å². The van der Waals surface area contributed by atoms with Crippen LogP contribution in [-0.4, -0.2) is 41.3 Å². The molecule has 182 valence electrons. The highest BCUT2D eigenvalue weighted by atomic mass is 16.5. The standard InChI is InChI=1S/C28H30N2O5/c31-25(29-24-13-16-11-17(26(32)33)12-22(16)24)14-28(9-10-28)30-27(34)35-15-23-20-7-3-1-5-18(20)19-6-2-4-8-21(19)23/h1-8,16-17,22-24H,9-15H2,(H,29,31)(H,30,34)(H,32,33)/t16-,17?,22-,24+/m0/s1. The summed E-state index contributed by atoms with van der Waals surface area (Å²) in [6.07, 6.45) is 3.47. The summed E-state index contributed by atoms with van der Waals surface area (Å²) in [5.74, 6) is -0.408. The molecular weight excluding hydrogens is 444 g/mol. The molecule has 0 heterocycles. The highest BCUT2D eigenvalue weighted by molar-refractivity contribution is 5.81. The van der Waals surface area contributed by atoms with Crippen LogP contribution in [0.4, 0.5) is 4.79 Å². The van der Waals surface area contributed by atoms with Crippen LogP contribution in [0.1, 0.15) is 55.6 Å². The van der Waals surface area contributed by atoms with Crippen molar-refractivity contribution >= 4 is 18.0 Å². The number of ether oxygens (including phenoxy) is 1. The van der Waals surface area contributed by atoms with Gasteiger partial charge in [-0.1, -0.05) is 48.5 Å². The van der Waals surface area contributed by atoms with Crippen LogP contribution in [0.15, 0.2) is 48.5 Å². The molecular formula is C28H30N2O5. The van der Waals surface area contributed by atoms with E-state index in [2.05, 4.69) is 34.9 Å². The number of amides is 2. The van der Waals surface area contributed by atoms with Gasteiger partial charge in [0.25, 0.3) is 0 Å². The van der Waals surface area contributed by atoms with Crippen LogP contribution in [-0.2, 0) is 14.3 Å². The zero-order valence-electron chi connectivity index (χ0n) is 19.5. The van der Waals surface area contributed by atoms with Crippen LogP contribution in [0, 0.1) is 17.8 Å². The Balaban J connectivity index is 1.01. The first-order valence-electron chi connectivity index (χ1n) is 12.6. The smallest absolute Gasteiger partial charge is 0.407 e. The van der Waals surface area contributed by atoms with Crippen LogP contribution >= 0.6 is 0 Å². The molecule has 7 nitrogen and oxygen atoms in total. The normalized spacial score (nSPS) is 27.1. The molecule has 7 heteroatoms. The molecule has 2 aromatic carbocycles. The number of carboxylic acid groups (broad SMARTS) is 1. The number of carbonyl (C=O) groups is 3. The molecule has 3 saturated carbocycles. The van der Waals surface area contributed by atoms with Crippen molar-refractivity contribution in [2.75, 3.05) is 6.61 Å². The summed E-state index contributed by atoms with van der Waals surface area (Å²) in [6.45, 7) is 0.248. The average Bonchev–Trinajstić information content (AvgIpc) is 3.36. The van der Waals surface area contributed by atoms with Crippen molar-refractivity contribution in [1.82, 2.24) is 10.6 Å². The minimum atomic E-state index is -0.728. The maximum Gasteiger partial charge on any atom is 0.407 e. The zero-order valence-corrected chi connectivity index (χ0v) is 19.5. The summed E-state index contributed by atoms with van der Waals surface area (Å²) in [5.41, 5.74) is 4.16. The van der Waals surface area contributed by atoms with Gasteiger partial charge in [0.1, 0.15) is 6.61 Å². The highest BCUT2D eigenvalue weighted by Crippen LogP contribution is 2.50. The predicted octanol–water partition coefficient (Wildman–Crippen LogP) is 4.06. The monoisotopic (exact) mass is 474 g/mol. The number of hydrogen-bond acceptors (Lipinski definition) is 4. The maximum absolute atomic E-state index is 12.7. The van der Waals surface area contributed by atoms with Gasteiger partial charge >= 0.3 is 12.1 Å². The first kappa shape index (κ1) is 22.1. The fourth-order valence-electron chi connectivity index (χ4n) is 6.51. The number of benzene rings is 2. The van der Waals surface area contributed by atoms with Gasteiger partial charge in [0.2, 0.25) is 5.91 Å². The first-order chi connectivity index (χ1) is 16.9. The number of rotatable bonds is 7. The van der Waals surface area contributed by atoms with Gasteiger partial charge < -0.3 is 20.5 Å². The number of nitrogens with one attached hydrogen (secondary N) is 2. The van der Waals surface area contributed by atoms with E-state index in [4.69, 9.17) is 4.74 Å². The topological polar surface area (TPSA) is 105 Å². The third-order valence-electron chi connectivity index (χ3n) is 8.58. The number of carbonyl (C=O) groups excluding carboxylic acids is 2. The van der Waals surface area contributed by atoms with Gasteiger partial charge in [0.15, 0.2) is 0 Å². The lowest BCUT2D eigenvalue weighted by Crippen LogP contribution is -2.52. The fourth-order valence-corrected chi connectivity index (χ4v) is 6.51. The molecule has 0 bridgehead atoms. The Labute approximate surface area is 204 Å². The Morgan fingerprint density at radius 1 is 0.943 bits per heavy atom. The van der Waals surface area contributed by atoms with Crippen molar-refractivity contribution in [2.45, 2.75) is 56.0 Å². The van der Waals surface area contributed by atoms with E-state index in [0.29, 0.717) is 12.3 Å². The van der Waals surface area contributed by atoms with Gasteiger partial charge in [0.05, 0.1) is 11.5 Å². The quantitative estimate of drug-likeness (QED) is 0.561. The summed E-state index contributed by atoms with van der Waals surface area (Å²) in [6, 6.07) is 16.5. The van der Waals surface area contributed by atoms with Crippen molar-refractivity contribution in [3.63, 3.8) is 0 Å². The van der Waals surface area contributed by atoms with E-state index in [9.17, 15) is 19.5 Å². The highest BCUT2D eigenvalue weighted by Gasteiger charge is 2.51. The van der Waals surface area contributed by atoms with Crippen molar-refractivity contribution in [3.05, 3.63) is 59.7 Å². The maximum atomic E-state index is 12.7. The molecule has 6 rings (SSSR count). The Morgan fingerprint density at radius 3 is 2.23 bits per heavy atom. The Morgan fingerprint density at radius 2 is 1.60 bits per heavy atom. The van der Waals surface area contributed by atoms with E-state index in [-0.39, 0.29) is 42.7 Å². The summed E-state index contributed by atoms with van der Waals surface area (Å²) in [7, 11) is 0. The molecule has 35 heavy (non-hydrogen) atoms. The molecule has 0 aliphatic heterocycles. The molecule has 3 fully saturated rings. The molecule has 1 unspecified atom stereocenters. The van der Waals surface area contributed by atoms with Crippen molar-refractivity contribution in [3.8, 4) is 11.1 Å². The Kier molecular flexibility index (Phi) is 5.31. The molecule has 0 radical (unpaired) electrons. The lowest BCUT2D eigenvalue weighted by atomic mass is 9.71. The summed E-state index contributed by atoms with van der Waals surface area (Å²) in [5, 5.41) is 15.3. The number of aliphatic carboxylic acids is 1. The first-order valence-corrected chi connectivity index (χ1v) is 12.6. The van der Waals surface area contributed by atoms with Gasteiger partial charge in [-0.2, -0.15) is 0 Å². The van der Waals surface area contributed by atoms with E-state index >= 15 is 0 Å². The number of alkyl carbamates (subject to hydrolysis) is 1. The van der Waals surface area contributed by atoms with Crippen LogP contribution in [0.3, 0.4) is 0 Å². The SMILES string of the molecule is O=C(CC1(NC(=O)OCC2c3ccccc3-c3ccccc32)CC1)N[C@@H]1C[C@@H]2CC(C(=O)O)C[C@@H]21. The third kappa shape index (κ3) is 4.07. The summed E-state index contributed by atoms with van der Waals surface area (Å²) in [4.78, 5) is 36.7. The van der Waals surface area contributed by atoms with Crippen molar-refractivity contribution in [1.29, 1.82) is 0 Å². The molecule has 2 amide bonds. The third-order valence-corrected chi connectivity index (χ3v) is 8.58. The molecule has 2 aromatic rings. The van der Waals surface area contributed by atoms with Crippen molar-refractivity contribution < 1.29 is 24.2 Å². The minimum Gasteiger partial charge on any atom is -0.481 e. The molecule has 0 spiro atoms. The van der Waals surface area contributed by atoms with Gasteiger partial charge in [0, 0.05) is 18.4 Å². The molecule has 3 N–H and O–H groups in total. The van der Waals surface area contributed by atoms with Gasteiger partial charge in [-0.15, -0.1) is 0 Å². The fraction of sp³-hybridized carbons (Fsp3) is 0.464. The number of hydrogen-bond donors (Lipinski definition) is 3. The molecule has 0 saturated heterocycles. The minimum absolute atomic E-state index is 0.000737. The lowest BCUT2D eigenvalue weighted by Gasteiger charge is -2.41. The largest absolute Gasteiger partial charge is 0.481 e. The lowest BCUT2D eigenvalue weighted by molar-refractivity contribution is -0.141. The second-order valence-electron chi connectivity index (χ2n) is 10.7. The van der Waals surface area contributed by atoms with Crippen molar-refractivity contribution in [2.24, 2.45) is 17.8 Å². The summed E-state index contributed by atoms with van der Waals surface area (Å²) < 4.78 is 5.66. The van der Waals surface area contributed by atoms with Crippen LogP contribution in [0.5, 0.6) is 0 Å². The van der Waals surface area contributed by atoms with Gasteiger partial charge in [-0.25, -0.2) is 4.79 Å². The van der Waals surface area contributed by atoms with Gasteiger partial charge in [-0.05, 0) is 66.2 Å². The number of carboxylic acids is 1. The molecule has 4 aliphatic carbocycles. The molecule has 0 aromatic heterocycles. The van der Waals surface area contributed by atoms with E-state index < -0.39 is 17.6 Å². The van der Waals surface area contributed by atoms with Crippen LogP contribution in [0.25, 0.3) is 11.1 Å². The molecule has 4 aliphatic rings.